The largest absolute Gasteiger partial charge is 0.438 e. The lowest BCUT2D eigenvalue weighted by molar-refractivity contribution is -0.118. The Labute approximate surface area is 137 Å². The van der Waals surface area contributed by atoms with E-state index in [0.717, 1.165) is 41.8 Å². The molecule has 0 bridgehead atoms. The van der Waals surface area contributed by atoms with Crippen molar-refractivity contribution in [2.45, 2.75) is 25.7 Å². The van der Waals surface area contributed by atoms with Gasteiger partial charge in [0.25, 0.3) is 0 Å². The molecule has 4 nitrogen and oxygen atoms in total. The minimum atomic E-state index is -0.0574. The van der Waals surface area contributed by atoms with Crippen molar-refractivity contribution in [3.8, 4) is 11.6 Å². The minimum Gasteiger partial charge on any atom is -0.438 e. The second-order valence-electron chi connectivity index (χ2n) is 6.37. The summed E-state index contributed by atoms with van der Waals surface area (Å²) in [7, 11) is 4.06. The zero-order valence-electron chi connectivity index (χ0n) is 13.9. The summed E-state index contributed by atoms with van der Waals surface area (Å²) in [5, 5.41) is 0. The Kier molecular flexibility index (Phi) is 4.44. The SMILES string of the molecule is CC(=O)C(CCN(C)C)c1ccc2c(c1)Cc1cccnc1O2. The molecular formula is C19H22N2O2. The maximum Gasteiger partial charge on any atom is 0.222 e. The topological polar surface area (TPSA) is 42.4 Å². The van der Waals surface area contributed by atoms with E-state index in [2.05, 4.69) is 16.0 Å². The van der Waals surface area contributed by atoms with Gasteiger partial charge in [0.05, 0.1) is 0 Å². The van der Waals surface area contributed by atoms with Crippen molar-refractivity contribution in [3.63, 3.8) is 0 Å². The van der Waals surface area contributed by atoms with Gasteiger partial charge in [-0.2, -0.15) is 0 Å². The summed E-state index contributed by atoms with van der Waals surface area (Å²) >= 11 is 0. The van der Waals surface area contributed by atoms with E-state index in [4.69, 9.17) is 4.74 Å². The summed E-state index contributed by atoms with van der Waals surface area (Å²) in [6, 6.07) is 10.0. The van der Waals surface area contributed by atoms with Gasteiger partial charge < -0.3 is 9.64 Å². The maximum atomic E-state index is 12.1. The van der Waals surface area contributed by atoms with Crippen molar-refractivity contribution in [2.24, 2.45) is 0 Å². The molecule has 0 fully saturated rings. The van der Waals surface area contributed by atoms with Gasteiger partial charge in [0, 0.05) is 24.1 Å². The lowest BCUT2D eigenvalue weighted by atomic mass is 9.89. The molecule has 2 heterocycles. The molecule has 120 valence electrons. The van der Waals surface area contributed by atoms with Crippen LogP contribution in [0.25, 0.3) is 0 Å². The van der Waals surface area contributed by atoms with E-state index >= 15 is 0 Å². The van der Waals surface area contributed by atoms with Crippen LogP contribution < -0.4 is 4.74 Å². The highest BCUT2D eigenvalue weighted by Gasteiger charge is 2.22. The van der Waals surface area contributed by atoms with Gasteiger partial charge in [0.15, 0.2) is 0 Å². The fraction of sp³-hybridized carbons (Fsp3) is 0.368. The number of ketones is 1. The lowest BCUT2D eigenvalue weighted by Gasteiger charge is -2.22. The van der Waals surface area contributed by atoms with Crippen molar-refractivity contribution in [1.29, 1.82) is 0 Å². The number of Topliss-reactive ketones (excluding diaryl/α,β-unsaturated/α-hetero) is 1. The lowest BCUT2D eigenvalue weighted by Crippen LogP contribution is -2.19. The van der Waals surface area contributed by atoms with E-state index in [1.165, 1.54) is 0 Å². The molecule has 0 saturated heterocycles. The molecule has 1 aliphatic rings. The Hall–Kier alpha value is -2.20. The predicted octanol–water partition coefficient (Wildman–Crippen LogP) is 3.40. The fourth-order valence-corrected chi connectivity index (χ4v) is 3.01. The first-order chi connectivity index (χ1) is 11.0. The summed E-state index contributed by atoms with van der Waals surface area (Å²) in [5.74, 6) is 1.68. The number of pyridine rings is 1. The predicted molar refractivity (Wildman–Crippen MR) is 90.2 cm³/mol. The summed E-state index contributed by atoms with van der Waals surface area (Å²) in [4.78, 5) is 18.4. The summed E-state index contributed by atoms with van der Waals surface area (Å²) in [5.41, 5.74) is 3.29. The Bertz CT molecular complexity index is 725. The van der Waals surface area contributed by atoms with Crippen molar-refractivity contribution in [3.05, 3.63) is 53.2 Å². The number of fused-ring (bicyclic) bond motifs is 2. The molecule has 1 atom stereocenters. The Morgan fingerprint density at radius 1 is 1.30 bits per heavy atom. The number of carbonyl (C=O) groups excluding carboxylic acids is 1. The molecule has 1 aromatic carbocycles. The van der Waals surface area contributed by atoms with E-state index in [1.54, 1.807) is 13.1 Å². The molecule has 0 amide bonds. The molecule has 0 radical (unpaired) electrons. The number of hydrogen-bond acceptors (Lipinski definition) is 4. The van der Waals surface area contributed by atoms with Crippen LogP contribution in [0.3, 0.4) is 0 Å². The zero-order chi connectivity index (χ0) is 16.4. The van der Waals surface area contributed by atoms with Gasteiger partial charge in [-0.25, -0.2) is 4.98 Å². The molecule has 2 aromatic rings. The molecule has 23 heavy (non-hydrogen) atoms. The van der Waals surface area contributed by atoms with Crippen LogP contribution in [0.5, 0.6) is 11.6 Å². The second-order valence-corrected chi connectivity index (χ2v) is 6.37. The summed E-state index contributed by atoms with van der Waals surface area (Å²) < 4.78 is 5.87. The van der Waals surface area contributed by atoms with Crippen molar-refractivity contribution < 1.29 is 9.53 Å². The molecule has 0 aliphatic carbocycles. The number of benzene rings is 1. The normalized spacial score (nSPS) is 13.9. The molecule has 0 N–H and O–H groups in total. The molecule has 0 saturated carbocycles. The van der Waals surface area contributed by atoms with E-state index < -0.39 is 0 Å². The molecular weight excluding hydrogens is 288 g/mol. The number of nitrogens with zero attached hydrogens (tertiary/aromatic N) is 2. The Morgan fingerprint density at radius 3 is 2.87 bits per heavy atom. The van der Waals surface area contributed by atoms with Crippen LogP contribution in [-0.4, -0.2) is 36.3 Å². The average molecular weight is 310 g/mol. The van der Waals surface area contributed by atoms with Gasteiger partial charge in [-0.3, -0.25) is 4.79 Å². The molecule has 1 aliphatic heterocycles. The molecule has 1 unspecified atom stereocenters. The third-order valence-corrected chi connectivity index (χ3v) is 4.28. The van der Waals surface area contributed by atoms with Crippen LogP contribution >= 0.6 is 0 Å². The number of hydrogen-bond donors (Lipinski definition) is 0. The molecule has 0 spiro atoms. The van der Waals surface area contributed by atoms with Crippen LogP contribution in [0, 0.1) is 0 Å². The van der Waals surface area contributed by atoms with Crippen LogP contribution in [-0.2, 0) is 11.2 Å². The number of carbonyl (C=O) groups is 1. The van der Waals surface area contributed by atoms with Gasteiger partial charge in [-0.15, -0.1) is 0 Å². The first-order valence-corrected chi connectivity index (χ1v) is 7.94. The third kappa shape index (κ3) is 3.42. The van der Waals surface area contributed by atoms with Crippen LogP contribution in [0.2, 0.25) is 0 Å². The highest BCUT2D eigenvalue weighted by molar-refractivity contribution is 5.83. The number of aromatic nitrogens is 1. The van der Waals surface area contributed by atoms with Gasteiger partial charge in [0.2, 0.25) is 5.88 Å². The van der Waals surface area contributed by atoms with E-state index in [-0.39, 0.29) is 11.7 Å². The molecule has 1 aromatic heterocycles. The van der Waals surface area contributed by atoms with E-state index in [9.17, 15) is 4.79 Å². The van der Waals surface area contributed by atoms with Gasteiger partial charge in [-0.1, -0.05) is 18.2 Å². The maximum absolute atomic E-state index is 12.1. The minimum absolute atomic E-state index is 0.0574. The third-order valence-electron chi connectivity index (χ3n) is 4.28. The average Bonchev–Trinajstić information content (AvgIpc) is 2.52. The smallest absolute Gasteiger partial charge is 0.222 e. The van der Waals surface area contributed by atoms with Crippen LogP contribution in [0.1, 0.15) is 36.0 Å². The Balaban J connectivity index is 1.87. The van der Waals surface area contributed by atoms with E-state index in [1.807, 2.05) is 38.4 Å². The highest BCUT2D eigenvalue weighted by atomic mass is 16.5. The zero-order valence-corrected chi connectivity index (χ0v) is 13.9. The fourth-order valence-electron chi connectivity index (χ4n) is 3.01. The quantitative estimate of drug-likeness (QED) is 0.724. The van der Waals surface area contributed by atoms with Crippen LogP contribution in [0.15, 0.2) is 36.5 Å². The van der Waals surface area contributed by atoms with Gasteiger partial charge >= 0.3 is 0 Å². The second kappa shape index (κ2) is 6.50. The summed E-state index contributed by atoms with van der Waals surface area (Å²) in [6.45, 7) is 2.57. The van der Waals surface area contributed by atoms with Gasteiger partial charge in [-0.05, 0) is 57.2 Å². The molecule has 4 heteroatoms. The van der Waals surface area contributed by atoms with Crippen molar-refractivity contribution >= 4 is 5.78 Å². The molecule has 3 rings (SSSR count). The van der Waals surface area contributed by atoms with E-state index in [0.29, 0.717) is 5.88 Å². The first-order valence-electron chi connectivity index (χ1n) is 7.94. The van der Waals surface area contributed by atoms with Crippen molar-refractivity contribution in [1.82, 2.24) is 9.88 Å². The number of ether oxygens (including phenoxy) is 1. The Morgan fingerprint density at radius 2 is 2.13 bits per heavy atom. The van der Waals surface area contributed by atoms with Gasteiger partial charge in [0.1, 0.15) is 11.5 Å². The number of rotatable bonds is 5. The summed E-state index contributed by atoms with van der Waals surface area (Å²) in [6.07, 6.45) is 3.37. The van der Waals surface area contributed by atoms with Crippen molar-refractivity contribution in [2.75, 3.05) is 20.6 Å². The first kappa shape index (κ1) is 15.7. The van der Waals surface area contributed by atoms with Crippen LogP contribution in [0.4, 0.5) is 0 Å². The monoisotopic (exact) mass is 310 g/mol. The standard InChI is InChI=1S/C19H22N2O2/c1-13(22)17(8-10-21(2)3)14-6-7-18-16(11-14)12-15-5-4-9-20-19(15)23-18/h4-7,9,11,17H,8,10,12H2,1-3H3. The highest BCUT2D eigenvalue weighted by Crippen LogP contribution is 2.36.